The molecule has 0 amide bonds. The van der Waals surface area contributed by atoms with Crippen molar-refractivity contribution in [3.05, 3.63) is 57.3 Å². The first-order valence-corrected chi connectivity index (χ1v) is 5.85. The number of thiophene rings is 1. The number of aliphatic hydroxyl groups is 1. The zero-order chi connectivity index (χ0) is 10.8. The summed E-state index contributed by atoms with van der Waals surface area (Å²) in [6, 6.07) is 10.0. The topological polar surface area (TPSA) is 20.2 Å². The molecule has 0 aliphatic rings. The second kappa shape index (κ2) is 4.17. The van der Waals surface area contributed by atoms with Crippen LogP contribution in [0.25, 0.3) is 0 Å². The Bertz CT molecular complexity index is 446. The van der Waals surface area contributed by atoms with Crippen LogP contribution in [0.1, 0.15) is 27.7 Å². The maximum Gasteiger partial charge on any atom is 0.113 e. The van der Waals surface area contributed by atoms with Gasteiger partial charge in [-0.25, -0.2) is 0 Å². The van der Waals surface area contributed by atoms with Crippen molar-refractivity contribution in [3.63, 3.8) is 0 Å². The van der Waals surface area contributed by atoms with Gasteiger partial charge in [0.05, 0.1) is 0 Å². The average Bonchev–Trinajstić information content (AvgIpc) is 2.74. The van der Waals surface area contributed by atoms with Crippen molar-refractivity contribution in [2.45, 2.75) is 20.0 Å². The van der Waals surface area contributed by atoms with Crippen LogP contribution >= 0.6 is 11.3 Å². The van der Waals surface area contributed by atoms with Crippen LogP contribution in [0, 0.1) is 13.8 Å². The highest BCUT2D eigenvalue weighted by Gasteiger charge is 2.11. The average molecular weight is 218 g/mol. The normalized spacial score (nSPS) is 12.7. The molecule has 0 spiro atoms. The molecule has 15 heavy (non-hydrogen) atoms. The third kappa shape index (κ3) is 2.11. The first-order chi connectivity index (χ1) is 7.18. The molecule has 2 rings (SSSR count). The molecule has 1 aromatic heterocycles. The van der Waals surface area contributed by atoms with Crippen LogP contribution in [0.5, 0.6) is 0 Å². The van der Waals surface area contributed by atoms with Gasteiger partial charge in [0.1, 0.15) is 6.10 Å². The third-order valence-electron chi connectivity index (χ3n) is 2.66. The molecule has 1 N–H and O–H groups in total. The van der Waals surface area contributed by atoms with Crippen LogP contribution < -0.4 is 0 Å². The molecule has 0 bridgehead atoms. The van der Waals surface area contributed by atoms with Gasteiger partial charge in [0, 0.05) is 4.88 Å². The summed E-state index contributed by atoms with van der Waals surface area (Å²) < 4.78 is 0. The highest BCUT2D eigenvalue weighted by atomic mass is 32.1. The smallest absolute Gasteiger partial charge is 0.113 e. The fourth-order valence-corrected chi connectivity index (χ4v) is 2.28. The Kier molecular flexibility index (Phi) is 2.89. The molecule has 1 aromatic carbocycles. The molecule has 0 saturated heterocycles. The zero-order valence-corrected chi connectivity index (χ0v) is 9.71. The summed E-state index contributed by atoms with van der Waals surface area (Å²) in [5.74, 6) is 0. The van der Waals surface area contributed by atoms with Crippen molar-refractivity contribution in [3.8, 4) is 0 Å². The van der Waals surface area contributed by atoms with Crippen LogP contribution in [-0.2, 0) is 0 Å². The Labute approximate surface area is 94.0 Å². The zero-order valence-electron chi connectivity index (χ0n) is 8.90. The number of aryl methyl sites for hydroxylation is 2. The Hall–Kier alpha value is -1.12. The maximum atomic E-state index is 10.1. The van der Waals surface area contributed by atoms with Crippen LogP contribution in [0.4, 0.5) is 0 Å². The molecule has 0 radical (unpaired) electrons. The van der Waals surface area contributed by atoms with Crippen molar-refractivity contribution in [1.82, 2.24) is 0 Å². The molecule has 78 valence electrons. The molecule has 1 atom stereocenters. The van der Waals surface area contributed by atoms with E-state index in [1.165, 1.54) is 11.1 Å². The number of hydrogen-bond donors (Lipinski definition) is 1. The van der Waals surface area contributed by atoms with Gasteiger partial charge in [-0.3, -0.25) is 0 Å². The van der Waals surface area contributed by atoms with E-state index in [0.29, 0.717) is 0 Å². The van der Waals surface area contributed by atoms with Crippen LogP contribution in [0.2, 0.25) is 0 Å². The van der Waals surface area contributed by atoms with Crippen LogP contribution in [-0.4, -0.2) is 5.11 Å². The molecule has 1 nitrogen and oxygen atoms in total. The first kappa shape index (κ1) is 10.4. The number of hydrogen-bond acceptors (Lipinski definition) is 2. The molecular formula is C13H14OS. The maximum absolute atomic E-state index is 10.1. The molecule has 2 heteroatoms. The van der Waals surface area contributed by atoms with Gasteiger partial charge in [-0.1, -0.05) is 24.3 Å². The lowest BCUT2D eigenvalue weighted by atomic mass is 10.0. The van der Waals surface area contributed by atoms with E-state index >= 15 is 0 Å². The minimum atomic E-state index is -0.482. The lowest BCUT2D eigenvalue weighted by Crippen LogP contribution is -1.97. The minimum absolute atomic E-state index is 0.482. The van der Waals surface area contributed by atoms with E-state index in [9.17, 15) is 5.11 Å². The van der Waals surface area contributed by atoms with Gasteiger partial charge >= 0.3 is 0 Å². The summed E-state index contributed by atoms with van der Waals surface area (Å²) in [6.07, 6.45) is -0.482. The van der Waals surface area contributed by atoms with E-state index < -0.39 is 6.10 Å². The van der Waals surface area contributed by atoms with E-state index in [1.54, 1.807) is 11.3 Å². The lowest BCUT2D eigenvalue weighted by Gasteiger charge is -2.10. The molecule has 0 fully saturated rings. The van der Waals surface area contributed by atoms with Crippen molar-refractivity contribution in [2.75, 3.05) is 0 Å². The number of aliphatic hydroxyl groups excluding tert-OH is 1. The highest BCUT2D eigenvalue weighted by molar-refractivity contribution is 7.10. The Morgan fingerprint density at radius 3 is 2.53 bits per heavy atom. The summed E-state index contributed by atoms with van der Waals surface area (Å²) in [5.41, 5.74) is 3.46. The Balaban J connectivity index is 2.34. The monoisotopic (exact) mass is 218 g/mol. The summed E-state index contributed by atoms with van der Waals surface area (Å²) >= 11 is 1.59. The van der Waals surface area contributed by atoms with Crippen molar-refractivity contribution < 1.29 is 5.11 Å². The van der Waals surface area contributed by atoms with Gasteiger partial charge in [-0.2, -0.15) is 0 Å². The standard InChI is InChI=1S/C13H14OS/c1-9-5-6-11(8-10(9)2)13(14)12-4-3-7-15-12/h3-8,13-14H,1-2H3/t13-/m0/s1. The largest absolute Gasteiger partial charge is 0.383 e. The van der Waals surface area contributed by atoms with Gasteiger partial charge < -0.3 is 5.11 Å². The number of rotatable bonds is 2. The van der Waals surface area contributed by atoms with E-state index in [4.69, 9.17) is 0 Å². The Morgan fingerprint density at radius 1 is 1.13 bits per heavy atom. The molecule has 1 heterocycles. The summed E-state index contributed by atoms with van der Waals surface area (Å²) in [5, 5.41) is 12.1. The van der Waals surface area contributed by atoms with Crippen LogP contribution in [0.15, 0.2) is 35.7 Å². The molecule has 2 aromatic rings. The van der Waals surface area contributed by atoms with E-state index in [-0.39, 0.29) is 0 Å². The molecule has 0 aliphatic heterocycles. The van der Waals surface area contributed by atoms with Crippen molar-refractivity contribution in [2.24, 2.45) is 0 Å². The quantitative estimate of drug-likeness (QED) is 0.818. The fourth-order valence-electron chi connectivity index (χ4n) is 1.55. The molecular weight excluding hydrogens is 204 g/mol. The molecule has 0 unspecified atom stereocenters. The first-order valence-electron chi connectivity index (χ1n) is 4.97. The van der Waals surface area contributed by atoms with Gasteiger partial charge in [0.25, 0.3) is 0 Å². The van der Waals surface area contributed by atoms with Crippen molar-refractivity contribution in [1.29, 1.82) is 0 Å². The van der Waals surface area contributed by atoms with Gasteiger partial charge in [-0.05, 0) is 42.0 Å². The lowest BCUT2D eigenvalue weighted by molar-refractivity contribution is 0.224. The predicted octanol–water partition coefficient (Wildman–Crippen LogP) is 3.45. The van der Waals surface area contributed by atoms with E-state index in [0.717, 1.165) is 10.4 Å². The van der Waals surface area contributed by atoms with Gasteiger partial charge in [-0.15, -0.1) is 11.3 Å². The summed E-state index contributed by atoms with van der Waals surface area (Å²) in [7, 11) is 0. The van der Waals surface area contributed by atoms with Crippen molar-refractivity contribution >= 4 is 11.3 Å². The SMILES string of the molecule is Cc1ccc([C@H](O)c2cccs2)cc1C. The van der Waals surface area contributed by atoms with E-state index in [2.05, 4.69) is 26.0 Å². The predicted molar refractivity (Wildman–Crippen MR) is 64.3 cm³/mol. The summed E-state index contributed by atoms with van der Waals surface area (Å²) in [4.78, 5) is 0.998. The second-order valence-corrected chi connectivity index (χ2v) is 4.74. The van der Waals surface area contributed by atoms with E-state index in [1.807, 2.05) is 23.6 Å². The molecule has 0 saturated carbocycles. The summed E-state index contributed by atoms with van der Waals surface area (Å²) in [6.45, 7) is 4.15. The highest BCUT2D eigenvalue weighted by Crippen LogP contribution is 2.26. The molecule has 0 aliphatic carbocycles. The number of benzene rings is 1. The van der Waals surface area contributed by atoms with Gasteiger partial charge in [0.2, 0.25) is 0 Å². The third-order valence-corrected chi connectivity index (χ3v) is 3.58. The second-order valence-electron chi connectivity index (χ2n) is 3.76. The fraction of sp³-hybridized carbons (Fsp3) is 0.231. The minimum Gasteiger partial charge on any atom is -0.383 e. The Morgan fingerprint density at radius 2 is 1.93 bits per heavy atom. The van der Waals surface area contributed by atoms with Gasteiger partial charge in [0.15, 0.2) is 0 Å². The van der Waals surface area contributed by atoms with Crippen LogP contribution in [0.3, 0.4) is 0 Å².